The van der Waals surface area contributed by atoms with E-state index >= 15 is 0 Å². The smallest absolute Gasteiger partial charge is 0.253 e. The highest BCUT2D eigenvalue weighted by Gasteiger charge is 2.35. The van der Waals surface area contributed by atoms with Gasteiger partial charge in [-0.25, -0.2) is 4.68 Å². The zero-order valence-electron chi connectivity index (χ0n) is 21.1. The summed E-state index contributed by atoms with van der Waals surface area (Å²) in [7, 11) is 1.64. The fourth-order valence-electron chi connectivity index (χ4n) is 4.79. The van der Waals surface area contributed by atoms with Crippen LogP contribution in [0.2, 0.25) is 0 Å². The minimum Gasteiger partial charge on any atom is -0.497 e. The molecule has 1 aromatic carbocycles. The van der Waals surface area contributed by atoms with Crippen LogP contribution in [-0.4, -0.2) is 56.5 Å². The number of nitrogens with one attached hydrogen (secondary N) is 1. The molecular weight excluding hydrogens is 476 g/mol. The minimum atomic E-state index is -0.482. The number of benzene rings is 1. The maximum Gasteiger partial charge on any atom is 0.253 e. The van der Waals surface area contributed by atoms with Gasteiger partial charge in [-0.1, -0.05) is 6.07 Å². The van der Waals surface area contributed by atoms with Crippen LogP contribution in [-0.2, 0) is 16.8 Å². The third kappa shape index (κ3) is 5.07. The molecule has 1 aliphatic heterocycles. The molecule has 190 valence electrons. The number of nitrogens with zero attached hydrogens (tertiary/aromatic N) is 5. The van der Waals surface area contributed by atoms with Crippen LogP contribution in [0.1, 0.15) is 55.9 Å². The van der Waals surface area contributed by atoms with Gasteiger partial charge in [-0.3, -0.25) is 9.69 Å². The van der Waals surface area contributed by atoms with Crippen molar-refractivity contribution in [1.82, 2.24) is 30.1 Å². The molecule has 1 fully saturated rings. The number of methoxy groups -OCH3 is 1. The van der Waals surface area contributed by atoms with E-state index in [1.54, 1.807) is 18.4 Å². The summed E-state index contributed by atoms with van der Waals surface area (Å²) in [5.41, 5.74) is 0.806. The molecule has 0 radical (unpaired) electrons. The first-order chi connectivity index (χ1) is 17.3. The van der Waals surface area contributed by atoms with Crippen LogP contribution in [0.3, 0.4) is 0 Å². The molecule has 0 amide bonds. The van der Waals surface area contributed by atoms with Crippen LogP contribution in [0, 0.1) is 0 Å². The van der Waals surface area contributed by atoms with Gasteiger partial charge >= 0.3 is 0 Å². The molecule has 5 rings (SSSR count). The average Bonchev–Trinajstić information content (AvgIpc) is 3.62. The summed E-state index contributed by atoms with van der Waals surface area (Å²) in [5.74, 6) is 1.36. The largest absolute Gasteiger partial charge is 0.497 e. The third-order valence-corrected chi connectivity index (χ3v) is 7.38. The van der Waals surface area contributed by atoms with Gasteiger partial charge in [-0.2, -0.15) is 0 Å². The van der Waals surface area contributed by atoms with E-state index in [1.165, 1.54) is 4.88 Å². The summed E-state index contributed by atoms with van der Waals surface area (Å²) in [5, 5.41) is 15.8. The monoisotopic (exact) mass is 508 g/mol. The van der Waals surface area contributed by atoms with Crippen molar-refractivity contribution in [2.24, 2.45) is 0 Å². The van der Waals surface area contributed by atoms with Crippen molar-refractivity contribution >= 4 is 22.2 Å². The Kier molecular flexibility index (Phi) is 6.92. The molecule has 2 unspecified atom stereocenters. The normalized spacial score (nSPS) is 17.2. The minimum absolute atomic E-state index is 0.0889. The van der Waals surface area contributed by atoms with Gasteiger partial charge in [0.25, 0.3) is 5.56 Å². The van der Waals surface area contributed by atoms with Crippen LogP contribution >= 0.6 is 11.3 Å². The van der Waals surface area contributed by atoms with Gasteiger partial charge in [-0.15, -0.1) is 16.4 Å². The zero-order valence-corrected chi connectivity index (χ0v) is 21.9. The molecule has 0 saturated carbocycles. The second-order valence-corrected chi connectivity index (χ2v) is 11.2. The van der Waals surface area contributed by atoms with Crippen molar-refractivity contribution in [2.45, 2.75) is 57.8 Å². The van der Waals surface area contributed by atoms with Gasteiger partial charge < -0.3 is 14.5 Å². The van der Waals surface area contributed by atoms with Crippen LogP contribution in [0.5, 0.6) is 5.75 Å². The zero-order chi connectivity index (χ0) is 25.3. The highest BCUT2D eigenvalue weighted by Crippen LogP contribution is 2.33. The topological polar surface area (TPSA) is 98.2 Å². The highest BCUT2D eigenvalue weighted by molar-refractivity contribution is 7.09. The molecular formula is C26H32N6O3S. The molecule has 2 atom stereocenters. The molecule has 4 aromatic rings. The number of H-pyrrole nitrogens is 1. The number of pyridine rings is 1. The number of hydrogen-bond donors (Lipinski definition) is 1. The second-order valence-electron chi connectivity index (χ2n) is 10.2. The quantitative estimate of drug-likeness (QED) is 0.382. The van der Waals surface area contributed by atoms with E-state index in [9.17, 15) is 4.79 Å². The number of hydrogen-bond acceptors (Lipinski definition) is 8. The van der Waals surface area contributed by atoms with Crippen molar-refractivity contribution in [3.63, 3.8) is 0 Å². The van der Waals surface area contributed by atoms with Crippen LogP contribution in [0.15, 0.2) is 46.6 Å². The summed E-state index contributed by atoms with van der Waals surface area (Å²) in [4.78, 5) is 20.2. The Bertz CT molecular complexity index is 1370. The molecule has 4 heterocycles. The number of rotatable bonds is 8. The van der Waals surface area contributed by atoms with E-state index in [-0.39, 0.29) is 17.2 Å². The van der Waals surface area contributed by atoms with E-state index in [2.05, 4.69) is 57.6 Å². The fourth-order valence-corrected chi connectivity index (χ4v) is 5.52. The first-order valence-electron chi connectivity index (χ1n) is 12.2. The van der Waals surface area contributed by atoms with Crippen LogP contribution < -0.4 is 10.3 Å². The SMILES string of the molecule is COc1ccc2[nH]c(=O)c(C(c3nnnn3C(C)(C)C)N(Cc3cccs3)CC3CCCO3)cc2c1. The third-order valence-electron chi connectivity index (χ3n) is 6.51. The highest BCUT2D eigenvalue weighted by atomic mass is 32.1. The molecule has 1 N–H and O–H groups in total. The number of aromatic amines is 1. The van der Waals surface area contributed by atoms with E-state index in [1.807, 2.05) is 35.0 Å². The Morgan fingerprint density at radius 3 is 2.86 bits per heavy atom. The van der Waals surface area contributed by atoms with Crippen molar-refractivity contribution < 1.29 is 9.47 Å². The summed E-state index contributed by atoms with van der Waals surface area (Å²) >= 11 is 1.70. The van der Waals surface area contributed by atoms with E-state index in [0.717, 1.165) is 36.1 Å². The predicted octanol–water partition coefficient (Wildman–Crippen LogP) is 4.11. The molecule has 0 spiro atoms. The van der Waals surface area contributed by atoms with E-state index in [4.69, 9.17) is 9.47 Å². The summed E-state index contributed by atoms with van der Waals surface area (Å²) < 4.78 is 13.3. The lowest BCUT2D eigenvalue weighted by Crippen LogP contribution is -2.40. The number of thiophene rings is 1. The Morgan fingerprint density at radius 1 is 1.31 bits per heavy atom. The number of fused-ring (bicyclic) bond motifs is 1. The number of ether oxygens (including phenoxy) is 2. The standard InChI is InChI=1S/C26H32N6O3S/c1-26(2,3)32-24(28-29-30-32)23(21-14-17-13-18(34-4)9-10-22(17)27-25(21)33)31(15-19-7-5-11-35-19)16-20-8-6-12-36-20/h6,8-10,12-14,19,23H,5,7,11,15-16H2,1-4H3,(H,27,33). The first kappa shape index (κ1) is 24.6. The van der Waals surface area contributed by atoms with E-state index in [0.29, 0.717) is 24.5 Å². The average molecular weight is 509 g/mol. The number of aromatic nitrogens is 5. The Labute approximate surface area is 214 Å². The van der Waals surface area contributed by atoms with Gasteiger partial charge in [0.1, 0.15) is 11.8 Å². The molecule has 0 bridgehead atoms. The van der Waals surface area contributed by atoms with Crippen molar-refractivity contribution in [2.75, 3.05) is 20.3 Å². The molecule has 0 aliphatic carbocycles. The lowest BCUT2D eigenvalue weighted by atomic mass is 10.0. The Hall–Kier alpha value is -3.08. The van der Waals surface area contributed by atoms with Crippen LogP contribution in [0.4, 0.5) is 0 Å². The lowest BCUT2D eigenvalue weighted by Gasteiger charge is -2.34. The molecule has 3 aromatic heterocycles. The van der Waals surface area contributed by atoms with Gasteiger partial charge in [0.2, 0.25) is 0 Å². The van der Waals surface area contributed by atoms with Crippen LogP contribution in [0.25, 0.3) is 10.9 Å². The van der Waals surface area contributed by atoms with Crippen molar-refractivity contribution in [1.29, 1.82) is 0 Å². The van der Waals surface area contributed by atoms with Gasteiger partial charge in [0, 0.05) is 41.0 Å². The molecule has 1 aliphatic rings. The Morgan fingerprint density at radius 2 is 2.17 bits per heavy atom. The first-order valence-corrected chi connectivity index (χ1v) is 13.1. The molecule has 1 saturated heterocycles. The maximum atomic E-state index is 13.6. The fraction of sp³-hybridized carbons (Fsp3) is 0.462. The Balaban J connectivity index is 1.69. The predicted molar refractivity (Wildman–Crippen MR) is 139 cm³/mol. The summed E-state index contributed by atoms with van der Waals surface area (Å²) in [6, 6.07) is 11.3. The van der Waals surface area contributed by atoms with Crippen molar-refractivity contribution in [3.8, 4) is 5.75 Å². The van der Waals surface area contributed by atoms with Gasteiger partial charge in [-0.05, 0) is 79.8 Å². The number of tetrazole rings is 1. The van der Waals surface area contributed by atoms with Crippen molar-refractivity contribution in [3.05, 3.63) is 68.4 Å². The molecule has 10 heteroatoms. The molecule has 9 nitrogen and oxygen atoms in total. The molecule has 36 heavy (non-hydrogen) atoms. The summed E-state index contributed by atoms with van der Waals surface area (Å²) in [6.45, 7) is 8.25. The van der Waals surface area contributed by atoms with Gasteiger partial charge in [0.15, 0.2) is 5.82 Å². The van der Waals surface area contributed by atoms with E-state index < -0.39 is 6.04 Å². The second kappa shape index (κ2) is 10.1. The van der Waals surface area contributed by atoms with Gasteiger partial charge in [0.05, 0.1) is 18.8 Å². The lowest BCUT2D eigenvalue weighted by molar-refractivity contribution is 0.0569. The summed E-state index contributed by atoms with van der Waals surface area (Å²) in [6.07, 6.45) is 2.12. The maximum absolute atomic E-state index is 13.6.